The molecule has 1 amide bonds. The lowest BCUT2D eigenvalue weighted by Crippen LogP contribution is -2.17. The van der Waals surface area contributed by atoms with Gasteiger partial charge in [0.15, 0.2) is 0 Å². The van der Waals surface area contributed by atoms with Crippen LogP contribution in [0.1, 0.15) is 21.7 Å². The summed E-state index contributed by atoms with van der Waals surface area (Å²) < 4.78 is 5.67. The molecule has 4 nitrogen and oxygen atoms in total. The summed E-state index contributed by atoms with van der Waals surface area (Å²) in [5, 5.41) is 4.59. The van der Waals surface area contributed by atoms with E-state index in [0.29, 0.717) is 22.1 Å². The van der Waals surface area contributed by atoms with Crippen LogP contribution in [0, 0.1) is 6.92 Å². The van der Waals surface area contributed by atoms with E-state index in [1.807, 2.05) is 37.3 Å². The Bertz CT molecular complexity index is 865. The highest BCUT2D eigenvalue weighted by Crippen LogP contribution is 2.23. The van der Waals surface area contributed by atoms with E-state index in [4.69, 9.17) is 16.0 Å². The summed E-state index contributed by atoms with van der Waals surface area (Å²) in [6, 6.07) is 18.2. The van der Waals surface area contributed by atoms with Crippen LogP contribution in [0.15, 0.2) is 70.2 Å². The molecule has 24 heavy (non-hydrogen) atoms. The van der Waals surface area contributed by atoms with Gasteiger partial charge in [0.25, 0.3) is 5.91 Å². The number of carbonyl (C=O) groups excluding carboxylic acids is 1. The van der Waals surface area contributed by atoms with E-state index in [9.17, 15) is 4.79 Å². The van der Waals surface area contributed by atoms with Crippen LogP contribution in [0.4, 0.5) is 0 Å². The maximum absolute atomic E-state index is 11.9. The molecular weight excluding hydrogens is 324 g/mol. The first-order valence-electron chi connectivity index (χ1n) is 7.38. The second kappa shape index (κ2) is 7.15. The molecule has 3 aromatic rings. The fourth-order valence-electron chi connectivity index (χ4n) is 2.12. The van der Waals surface area contributed by atoms with Crippen molar-refractivity contribution in [3.8, 4) is 11.3 Å². The molecule has 1 aromatic heterocycles. The molecule has 2 aromatic carbocycles. The first kappa shape index (κ1) is 16.0. The minimum atomic E-state index is -0.268. The van der Waals surface area contributed by atoms with Crippen LogP contribution in [0.25, 0.3) is 11.3 Å². The Labute approximate surface area is 144 Å². The van der Waals surface area contributed by atoms with E-state index in [1.54, 1.807) is 30.3 Å². The number of hydrogen-bond acceptors (Lipinski definition) is 3. The summed E-state index contributed by atoms with van der Waals surface area (Å²) in [5.74, 6) is 0.984. The zero-order valence-corrected chi connectivity index (χ0v) is 13.7. The Kier molecular flexibility index (Phi) is 4.77. The normalized spacial score (nSPS) is 10.9. The van der Waals surface area contributed by atoms with Gasteiger partial charge in [-0.3, -0.25) is 4.79 Å². The highest BCUT2D eigenvalue weighted by Gasteiger charge is 2.05. The molecule has 0 aliphatic rings. The van der Waals surface area contributed by atoms with Crippen molar-refractivity contribution < 1.29 is 9.21 Å². The van der Waals surface area contributed by atoms with E-state index >= 15 is 0 Å². The van der Waals surface area contributed by atoms with Crippen molar-refractivity contribution in [2.24, 2.45) is 5.10 Å². The SMILES string of the molecule is Cc1ccc(C(=O)N/N=C\c2ccc(-c3ccc(Cl)cc3)o2)cc1. The Morgan fingerprint density at radius 2 is 1.75 bits per heavy atom. The molecule has 120 valence electrons. The quantitative estimate of drug-likeness (QED) is 0.555. The zero-order chi connectivity index (χ0) is 16.9. The van der Waals surface area contributed by atoms with E-state index < -0.39 is 0 Å². The number of nitrogens with one attached hydrogen (secondary N) is 1. The highest BCUT2D eigenvalue weighted by molar-refractivity contribution is 6.30. The van der Waals surface area contributed by atoms with Gasteiger partial charge in [0, 0.05) is 16.1 Å². The Hall–Kier alpha value is -2.85. The molecule has 0 unspecified atom stereocenters. The van der Waals surface area contributed by atoms with Crippen LogP contribution in [0.3, 0.4) is 0 Å². The Morgan fingerprint density at radius 1 is 1.04 bits per heavy atom. The molecule has 0 bridgehead atoms. The van der Waals surface area contributed by atoms with E-state index in [-0.39, 0.29) is 5.91 Å². The van der Waals surface area contributed by atoms with E-state index in [2.05, 4.69) is 10.5 Å². The minimum Gasteiger partial charge on any atom is -0.455 e. The number of amides is 1. The molecule has 0 fully saturated rings. The molecular formula is C19H15ClN2O2. The zero-order valence-electron chi connectivity index (χ0n) is 13.0. The van der Waals surface area contributed by atoms with Crippen LogP contribution < -0.4 is 5.43 Å². The van der Waals surface area contributed by atoms with Gasteiger partial charge in [0.1, 0.15) is 11.5 Å². The van der Waals surface area contributed by atoms with Crippen LogP contribution in [0.5, 0.6) is 0 Å². The fourth-order valence-corrected chi connectivity index (χ4v) is 2.24. The number of halogens is 1. The molecule has 0 aliphatic carbocycles. The Morgan fingerprint density at radius 3 is 2.46 bits per heavy atom. The average molecular weight is 339 g/mol. The third-order valence-corrected chi connectivity index (χ3v) is 3.68. The lowest BCUT2D eigenvalue weighted by Gasteiger charge is -1.99. The number of hydrazone groups is 1. The molecule has 5 heteroatoms. The van der Waals surface area contributed by atoms with Gasteiger partial charge in [0.2, 0.25) is 0 Å². The second-order valence-electron chi connectivity index (χ2n) is 5.27. The number of furan rings is 1. The monoisotopic (exact) mass is 338 g/mol. The second-order valence-corrected chi connectivity index (χ2v) is 5.71. The van der Waals surface area contributed by atoms with Gasteiger partial charge >= 0.3 is 0 Å². The summed E-state index contributed by atoms with van der Waals surface area (Å²) in [7, 11) is 0. The topological polar surface area (TPSA) is 54.6 Å². The number of nitrogens with zero attached hydrogens (tertiary/aromatic N) is 1. The summed E-state index contributed by atoms with van der Waals surface area (Å²) in [5.41, 5.74) is 5.05. The highest BCUT2D eigenvalue weighted by atomic mass is 35.5. The van der Waals surface area contributed by atoms with Crippen LogP contribution >= 0.6 is 11.6 Å². The minimum absolute atomic E-state index is 0.268. The number of aryl methyl sites for hydroxylation is 1. The number of rotatable bonds is 4. The maximum Gasteiger partial charge on any atom is 0.271 e. The van der Waals surface area contributed by atoms with Gasteiger partial charge in [-0.05, 0) is 55.5 Å². The van der Waals surface area contributed by atoms with Crippen molar-refractivity contribution in [2.45, 2.75) is 6.92 Å². The average Bonchev–Trinajstić information content (AvgIpc) is 3.05. The van der Waals surface area contributed by atoms with Crippen LogP contribution in [-0.4, -0.2) is 12.1 Å². The number of benzene rings is 2. The lowest BCUT2D eigenvalue weighted by molar-refractivity contribution is 0.0955. The summed E-state index contributed by atoms with van der Waals surface area (Å²) in [4.78, 5) is 11.9. The first-order valence-corrected chi connectivity index (χ1v) is 7.75. The van der Waals surface area contributed by atoms with Crippen LogP contribution in [-0.2, 0) is 0 Å². The smallest absolute Gasteiger partial charge is 0.271 e. The molecule has 0 saturated heterocycles. The molecule has 0 aliphatic heterocycles. The van der Waals surface area contributed by atoms with Gasteiger partial charge in [-0.1, -0.05) is 29.3 Å². The predicted octanol–water partition coefficient (Wildman–Crippen LogP) is 4.67. The molecule has 0 spiro atoms. The first-order chi connectivity index (χ1) is 11.6. The summed E-state index contributed by atoms with van der Waals surface area (Å²) in [6.07, 6.45) is 1.46. The standard InChI is InChI=1S/C19H15ClN2O2/c1-13-2-4-15(5-3-13)19(23)22-21-12-17-10-11-18(24-17)14-6-8-16(20)9-7-14/h2-12H,1H3,(H,22,23)/b21-12-. The van der Waals surface area contributed by atoms with Gasteiger partial charge in [-0.2, -0.15) is 5.10 Å². The van der Waals surface area contributed by atoms with Crippen molar-refractivity contribution in [3.05, 3.63) is 82.6 Å². The molecule has 3 rings (SSSR count). The third-order valence-electron chi connectivity index (χ3n) is 3.43. The lowest BCUT2D eigenvalue weighted by atomic mass is 10.1. The molecule has 0 radical (unpaired) electrons. The number of hydrogen-bond donors (Lipinski definition) is 1. The molecule has 1 heterocycles. The number of carbonyl (C=O) groups is 1. The molecule has 0 saturated carbocycles. The van der Waals surface area contributed by atoms with Crippen molar-refractivity contribution in [1.82, 2.24) is 5.43 Å². The summed E-state index contributed by atoms with van der Waals surface area (Å²) in [6.45, 7) is 1.97. The molecule has 0 atom stereocenters. The van der Waals surface area contributed by atoms with Crippen molar-refractivity contribution in [2.75, 3.05) is 0 Å². The van der Waals surface area contributed by atoms with Gasteiger partial charge in [0.05, 0.1) is 6.21 Å². The third kappa shape index (κ3) is 3.91. The Balaban J connectivity index is 1.64. The van der Waals surface area contributed by atoms with Gasteiger partial charge < -0.3 is 4.42 Å². The van der Waals surface area contributed by atoms with Crippen molar-refractivity contribution in [3.63, 3.8) is 0 Å². The predicted molar refractivity (Wildman–Crippen MR) is 95.4 cm³/mol. The van der Waals surface area contributed by atoms with E-state index in [0.717, 1.165) is 11.1 Å². The van der Waals surface area contributed by atoms with Crippen molar-refractivity contribution in [1.29, 1.82) is 0 Å². The van der Waals surface area contributed by atoms with Gasteiger partial charge in [-0.15, -0.1) is 0 Å². The maximum atomic E-state index is 11.9. The molecule has 1 N–H and O–H groups in total. The van der Waals surface area contributed by atoms with Gasteiger partial charge in [-0.25, -0.2) is 5.43 Å². The van der Waals surface area contributed by atoms with Crippen molar-refractivity contribution >= 4 is 23.7 Å². The van der Waals surface area contributed by atoms with Crippen LogP contribution in [0.2, 0.25) is 5.02 Å². The largest absolute Gasteiger partial charge is 0.455 e. The van der Waals surface area contributed by atoms with E-state index in [1.165, 1.54) is 6.21 Å². The fraction of sp³-hybridized carbons (Fsp3) is 0.0526. The summed E-state index contributed by atoms with van der Waals surface area (Å²) >= 11 is 5.87.